The number of hydrogen-bond acceptors (Lipinski definition) is 5. The van der Waals surface area contributed by atoms with Gasteiger partial charge in [-0.25, -0.2) is 9.97 Å². The van der Waals surface area contributed by atoms with Crippen molar-refractivity contribution < 1.29 is 4.79 Å². The number of nitrogens with two attached hydrogens (primary N) is 1. The molecule has 8 nitrogen and oxygen atoms in total. The van der Waals surface area contributed by atoms with Crippen molar-refractivity contribution in [2.24, 2.45) is 0 Å². The number of fused-ring (bicyclic) bond motifs is 1. The van der Waals surface area contributed by atoms with E-state index in [0.29, 0.717) is 11.5 Å². The Bertz CT molecular complexity index is 733. The number of aromatic amines is 1. The van der Waals surface area contributed by atoms with Crippen LogP contribution >= 0.6 is 0 Å². The van der Waals surface area contributed by atoms with Crippen molar-refractivity contribution in [1.82, 2.24) is 19.5 Å². The molecule has 2 aromatic rings. The molecule has 0 bridgehead atoms. The van der Waals surface area contributed by atoms with Crippen LogP contribution in [0.2, 0.25) is 0 Å². The summed E-state index contributed by atoms with van der Waals surface area (Å²) in [6.45, 7) is 0.862. The van der Waals surface area contributed by atoms with Gasteiger partial charge in [-0.2, -0.15) is 0 Å². The number of aryl methyl sites for hydroxylation is 1. The topological polar surface area (TPSA) is 119 Å². The molecule has 21 heavy (non-hydrogen) atoms. The Kier molecular flexibility index (Phi) is 3.43. The first-order valence-electron chi connectivity index (χ1n) is 6.82. The van der Waals surface area contributed by atoms with Gasteiger partial charge in [-0.15, -0.1) is 0 Å². The van der Waals surface area contributed by atoms with Crippen molar-refractivity contribution in [3.63, 3.8) is 0 Å². The van der Waals surface area contributed by atoms with E-state index in [1.807, 2.05) is 4.57 Å². The normalized spacial score (nSPS) is 13.7. The molecule has 0 radical (unpaired) electrons. The number of carbonyl (C=O) groups is 1. The summed E-state index contributed by atoms with van der Waals surface area (Å²) in [7, 11) is 0. The van der Waals surface area contributed by atoms with Gasteiger partial charge in [-0.3, -0.25) is 14.6 Å². The van der Waals surface area contributed by atoms with Crippen LogP contribution in [0.1, 0.15) is 24.4 Å². The lowest BCUT2D eigenvalue weighted by Crippen LogP contribution is -2.21. The maximum Gasteiger partial charge on any atom is 0.252 e. The van der Waals surface area contributed by atoms with Crippen LogP contribution in [0.25, 0.3) is 0 Å². The number of aromatic nitrogens is 4. The number of amides is 1. The van der Waals surface area contributed by atoms with Crippen molar-refractivity contribution in [2.75, 3.05) is 11.1 Å². The zero-order chi connectivity index (χ0) is 14.8. The number of rotatable bonds is 3. The highest BCUT2D eigenvalue weighted by molar-refractivity contribution is 5.91. The summed E-state index contributed by atoms with van der Waals surface area (Å²) in [5, 5.41) is 2.81. The second-order valence-corrected chi connectivity index (χ2v) is 5.02. The minimum Gasteiger partial charge on any atom is -0.369 e. The highest BCUT2D eigenvalue weighted by atomic mass is 16.1. The van der Waals surface area contributed by atoms with E-state index < -0.39 is 0 Å². The zero-order valence-corrected chi connectivity index (χ0v) is 11.4. The van der Waals surface area contributed by atoms with Gasteiger partial charge in [0.25, 0.3) is 5.56 Å². The first kappa shape index (κ1) is 13.3. The van der Waals surface area contributed by atoms with E-state index in [4.69, 9.17) is 5.73 Å². The first-order valence-corrected chi connectivity index (χ1v) is 6.82. The second-order valence-electron chi connectivity index (χ2n) is 5.02. The lowest BCUT2D eigenvalue weighted by molar-refractivity contribution is -0.115. The molecule has 1 aliphatic heterocycles. The van der Waals surface area contributed by atoms with E-state index in [9.17, 15) is 9.59 Å². The van der Waals surface area contributed by atoms with Gasteiger partial charge in [0.05, 0.1) is 18.3 Å². The molecular formula is C13H16N6O2. The molecule has 4 N–H and O–H groups in total. The molecule has 2 aromatic heterocycles. The van der Waals surface area contributed by atoms with Crippen molar-refractivity contribution in [3.05, 3.63) is 34.1 Å². The molecule has 1 amide bonds. The maximum absolute atomic E-state index is 12.0. The second kappa shape index (κ2) is 5.39. The largest absolute Gasteiger partial charge is 0.369 e. The van der Waals surface area contributed by atoms with E-state index in [1.54, 1.807) is 6.20 Å². The summed E-state index contributed by atoms with van der Waals surface area (Å²) in [6.07, 6.45) is 4.80. The molecule has 1 aliphatic rings. The van der Waals surface area contributed by atoms with Crippen LogP contribution in [0.5, 0.6) is 0 Å². The van der Waals surface area contributed by atoms with Crippen LogP contribution < -0.4 is 16.6 Å². The number of nitrogens with one attached hydrogen (secondary N) is 2. The third-order valence-electron chi connectivity index (χ3n) is 3.39. The van der Waals surface area contributed by atoms with Crippen LogP contribution in [-0.2, 0) is 24.2 Å². The maximum atomic E-state index is 12.0. The van der Waals surface area contributed by atoms with Crippen molar-refractivity contribution in [1.29, 1.82) is 0 Å². The number of carbonyl (C=O) groups excluding carboxylic acids is 1. The third kappa shape index (κ3) is 2.93. The van der Waals surface area contributed by atoms with Crippen LogP contribution in [-0.4, -0.2) is 25.4 Å². The molecule has 0 atom stereocenters. The monoisotopic (exact) mass is 288 g/mol. The fourth-order valence-corrected chi connectivity index (χ4v) is 2.49. The minimum absolute atomic E-state index is 0.00532. The molecule has 0 spiro atoms. The number of anilines is 2. The Morgan fingerprint density at radius 1 is 1.48 bits per heavy atom. The molecule has 3 heterocycles. The molecule has 3 rings (SSSR count). The van der Waals surface area contributed by atoms with E-state index in [2.05, 4.69) is 20.3 Å². The van der Waals surface area contributed by atoms with Crippen LogP contribution in [0.15, 0.2) is 17.1 Å². The van der Waals surface area contributed by atoms with Gasteiger partial charge in [-0.05, 0) is 12.8 Å². The van der Waals surface area contributed by atoms with E-state index in [-0.39, 0.29) is 23.8 Å². The molecule has 110 valence electrons. The molecule has 0 fully saturated rings. The Hall–Kier alpha value is -2.64. The van der Waals surface area contributed by atoms with E-state index in [1.165, 1.54) is 6.07 Å². The summed E-state index contributed by atoms with van der Waals surface area (Å²) in [5.41, 5.74) is 5.42. The molecule has 0 unspecified atom stereocenters. The van der Waals surface area contributed by atoms with Crippen LogP contribution in [0.3, 0.4) is 0 Å². The number of imidazole rings is 1. The summed E-state index contributed by atoms with van der Waals surface area (Å²) in [6, 6.07) is 1.27. The SMILES string of the molecule is Nc1nc(CC(=O)Nc2cnc3n2CCCC3)cc(=O)[nH]1. The van der Waals surface area contributed by atoms with Gasteiger partial charge in [-0.1, -0.05) is 0 Å². The van der Waals surface area contributed by atoms with Gasteiger partial charge in [0.15, 0.2) is 0 Å². The predicted molar refractivity (Wildman–Crippen MR) is 76.8 cm³/mol. The Morgan fingerprint density at radius 3 is 3.14 bits per heavy atom. The van der Waals surface area contributed by atoms with Gasteiger partial charge in [0.1, 0.15) is 11.6 Å². The molecule has 0 saturated carbocycles. The van der Waals surface area contributed by atoms with Crippen LogP contribution in [0.4, 0.5) is 11.8 Å². The predicted octanol–water partition coefficient (Wildman–Crippen LogP) is 0.0661. The highest BCUT2D eigenvalue weighted by Crippen LogP contribution is 2.19. The summed E-state index contributed by atoms with van der Waals surface area (Å²) in [5.74, 6) is 1.44. The van der Waals surface area contributed by atoms with Gasteiger partial charge < -0.3 is 15.6 Å². The molecular weight excluding hydrogens is 272 g/mol. The fourth-order valence-electron chi connectivity index (χ4n) is 2.49. The van der Waals surface area contributed by atoms with Crippen molar-refractivity contribution in [2.45, 2.75) is 32.2 Å². The number of hydrogen-bond donors (Lipinski definition) is 3. The smallest absolute Gasteiger partial charge is 0.252 e. The number of nitrogens with zero attached hydrogens (tertiary/aromatic N) is 3. The minimum atomic E-state index is -0.368. The summed E-state index contributed by atoms with van der Waals surface area (Å²) < 4.78 is 2.01. The van der Waals surface area contributed by atoms with E-state index >= 15 is 0 Å². The average Bonchev–Trinajstić information content (AvgIpc) is 2.81. The van der Waals surface area contributed by atoms with E-state index in [0.717, 1.165) is 31.6 Å². The fraction of sp³-hybridized carbons (Fsp3) is 0.385. The molecule has 8 heteroatoms. The third-order valence-corrected chi connectivity index (χ3v) is 3.39. The van der Waals surface area contributed by atoms with Crippen molar-refractivity contribution in [3.8, 4) is 0 Å². The lowest BCUT2D eigenvalue weighted by Gasteiger charge is -2.16. The molecule has 0 aliphatic carbocycles. The Balaban J connectivity index is 1.72. The zero-order valence-electron chi connectivity index (χ0n) is 11.4. The Labute approximate surface area is 120 Å². The average molecular weight is 288 g/mol. The van der Waals surface area contributed by atoms with Crippen molar-refractivity contribution >= 4 is 17.7 Å². The van der Waals surface area contributed by atoms with Gasteiger partial charge in [0, 0.05) is 19.0 Å². The number of nitrogen functional groups attached to an aromatic ring is 1. The number of H-pyrrole nitrogens is 1. The Morgan fingerprint density at radius 2 is 2.33 bits per heavy atom. The first-order chi connectivity index (χ1) is 10.1. The summed E-state index contributed by atoms with van der Waals surface area (Å²) in [4.78, 5) is 33.9. The molecule has 0 aromatic carbocycles. The molecule has 0 saturated heterocycles. The standard InChI is InChI=1S/C13H16N6O2/c14-13-16-8(6-12(21)18-13)5-11(20)17-10-7-15-9-3-1-2-4-19(9)10/h6-7H,1-5H2,(H,17,20)(H3,14,16,18,21). The highest BCUT2D eigenvalue weighted by Gasteiger charge is 2.16. The summed E-state index contributed by atoms with van der Waals surface area (Å²) >= 11 is 0. The van der Waals surface area contributed by atoms with Gasteiger partial charge in [0.2, 0.25) is 11.9 Å². The lowest BCUT2D eigenvalue weighted by atomic mass is 10.2. The quantitative estimate of drug-likeness (QED) is 0.738. The van der Waals surface area contributed by atoms with Gasteiger partial charge >= 0.3 is 0 Å². The van der Waals surface area contributed by atoms with Crippen LogP contribution in [0, 0.1) is 0 Å².